The molecule has 2 atom stereocenters. The molecule has 2 aromatic rings. The van der Waals surface area contributed by atoms with Gasteiger partial charge in [-0.05, 0) is 44.2 Å². The number of aliphatic carboxylic acids is 1. The van der Waals surface area contributed by atoms with Crippen molar-refractivity contribution < 1.29 is 24.2 Å². The molecule has 2 heterocycles. The van der Waals surface area contributed by atoms with E-state index in [0.717, 1.165) is 19.3 Å². The number of carboxylic acids is 1. The molecule has 3 rings (SSSR count). The van der Waals surface area contributed by atoms with E-state index in [1.54, 1.807) is 30.1 Å². The lowest BCUT2D eigenvalue weighted by Crippen LogP contribution is -2.29. The van der Waals surface area contributed by atoms with Crippen LogP contribution in [0.25, 0.3) is 11.4 Å². The number of aryl methyl sites for hydroxylation is 1. The van der Waals surface area contributed by atoms with Crippen LogP contribution < -0.4 is 4.74 Å². The summed E-state index contributed by atoms with van der Waals surface area (Å²) >= 11 is 0. The molecule has 0 aromatic carbocycles. The summed E-state index contributed by atoms with van der Waals surface area (Å²) in [7, 11) is 1.72. The normalized spacial score (nSPS) is 19.0. The summed E-state index contributed by atoms with van der Waals surface area (Å²) in [6.45, 7) is 2.32. The summed E-state index contributed by atoms with van der Waals surface area (Å²) < 4.78 is 12.6. The number of carboxylic acid groups (broad SMARTS) is 1. The summed E-state index contributed by atoms with van der Waals surface area (Å²) in [5.41, 5.74) is 1.73. The Labute approximate surface area is 169 Å². The Bertz CT molecular complexity index is 849. The van der Waals surface area contributed by atoms with Crippen molar-refractivity contribution in [2.24, 2.45) is 13.0 Å². The Morgan fingerprint density at radius 2 is 2.14 bits per heavy atom. The van der Waals surface area contributed by atoms with Crippen LogP contribution in [0.5, 0.6) is 5.75 Å². The predicted molar refractivity (Wildman–Crippen MR) is 103 cm³/mol. The molecule has 0 unspecified atom stereocenters. The standard InChI is InChI=1S/C20H26N4O5/c1-3-9-28-18(25)11-17-19(22-23-24(17)2)16-8-7-15(12-21-16)29-14-6-4-5-13(10-14)20(26)27/h7-8,12-14H,3-6,9-11H2,1-2H3,(H,26,27)/t13-,14-/m0/s1. The molecule has 1 aliphatic carbocycles. The summed E-state index contributed by atoms with van der Waals surface area (Å²) in [5, 5.41) is 17.3. The van der Waals surface area contributed by atoms with Crippen molar-refractivity contribution in [3.8, 4) is 17.1 Å². The fraction of sp³-hybridized carbons (Fsp3) is 0.550. The molecular formula is C20H26N4O5. The van der Waals surface area contributed by atoms with Gasteiger partial charge in [-0.15, -0.1) is 5.10 Å². The number of nitrogens with zero attached hydrogens (tertiary/aromatic N) is 4. The van der Waals surface area contributed by atoms with Gasteiger partial charge in [-0.1, -0.05) is 12.1 Å². The summed E-state index contributed by atoms with van der Waals surface area (Å²) in [6.07, 6.45) is 5.17. The minimum atomic E-state index is -0.764. The van der Waals surface area contributed by atoms with Crippen LogP contribution in [0.4, 0.5) is 0 Å². The van der Waals surface area contributed by atoms with Crippen LogP contribution in [0.3, 0.4) is 0 Å². The Kier molecular flexibility index (Phi) is 6.79. The topological polar surface area (TPSA) is 116 Å². The van der Waals surface area contributed by atoms with Crippen molar-refractivity contribution in [2.75, 3.05) is 6.61 Å². The molecule has 9 nitrogen and oxygen atoms in total. The molecule has 0 amide bonds. The minimum Gasteiger partial charge on any atom is -0.489 e. The van der Waals surface area contributed by atoms with Crippen LogP contribution in [0, 0.1) is 5.92 Å². The first-order valence-corrected chi connectivity index (χ1v) is 9.88. The van der Waals surface area contributed by atoms with Crippen LogP contribution in [-0.4, -0.2) is 49.7 Å². The fourth-order valence-electron chi connectivity index (χ4n) is 3.44. The van der Waals surface area contributed by atoms with Gasteiger partial charge in [-0.25, -0.2) is 0 Å². The highest BCUT2D eigenvalue weighted by Gasteiger charge is 2.28. The largest absolute Gasteiger partial charge is 0.489 e. The molecule has 2 aromatic heterocycles. The zero-order chi connectivity index (χ0) is 20.8. The maximum atomic E-state index is 12.0. The van der Waals surface area contributed by atoms with E-state index in [1.807, 2.05) is 6.92 Å². The van der Waals surface area contributed by atoms with Gasteiger partial charge >= 0.3 is 11.9 Å². The third kappa shape index (κ3) is 5.30. The number of carbonyl (C=O) groups excluding carboxylic acids is 1. The van der Waals surface area contributed by atoms with Gasteiger partial charge in [-0.2, -0.15) is 0 Å². The van der Waals surface area contributed by atoms with Crippen LogP contribution in [-0.2, 0) is 27.8 Å². The maximum Gasteiger partial charge on any atom is 0.311 e. The van der Waals surface area contributed by atoms with Gasteiger partial charge < -0.3 is 14.6 Å². The number of rotatable bonds is 8. The molecule has 0 saturated heterocycles. The lowest BCUT2D eigenvalue weighted by Gasteiger charge is -2.27. The van der Waals surface area contributed by atoms with Crippen molar-refractivity contribution >= 4 is 11.9 Å². The number of carbonyl (C=O) groups is 2. The molecule has 1 N–H and O–H groups in total. The van der Waals surface area contributed by atoms with E-state index in [-0.39, 0.29) is 24.4 Å². The third-order valence-electron chi connectivity index (χ3n) is 4.98. The number of esters is 1. The van der Waals surface area contributed by atoms with E-state index in [0.29, 0.717) is 42.3 Å². The number of hydrogen-bond acceptors (Lipinski definition) is 7. The van der Waals surface area contributed by atoms with E-state index in [9.17, 15) is 14.7 Å². The Hall–Kier alpha value is -2.97. The van der Waals surface area contributed by atoms with E-state index >= 15 is 0 Å². The Morgan fingerprint density at radius 1 is 1.31 bits per heavy atom. The highest BCUT2D eigenvalue weighted by molar-refractivity contribution is 5.75. The van der Waals surface area contributed by atoms with Gasteiger partial charge in [0.1, 0.15) is 11.4 Å². The van der Waals surface area contributed by atoms with Gasteiger partial charge in [0.15, 0.2) is 0 Å². The van der Waals surface area contributed by atoms with Gasteiger partial charge in [0.2, 0.25) is 0 Å². The van der Waals surface area contributed by atoms with Crippen molar-refractivity contribution in [1.29, 1.82) is 0 Å². The second-order valence-electron chi connectivity index (χ2n) is 7.23. The van der Waals surface area contributed by atoms with Crippen LogP contribution in [0.2, 0.25) is 0 Å². The van der Waals surface area contributed by atoms with E-state index in [2.05, 4.69) is 15.3 Å². The molecule has 1 saturated carbocycles. The molecule has 0 radical (unpaired) electrons. The Morgan fingerprint density at radius 3 is 2.83 bits per heavy atom. The van der Waals surface area contributed by atoms with Crippen LogP contribution in [0.1, 0.15) is 44.7 Å². The highest BCUT2D eigenvalue weighted by atomic mass is 16.5. The zero-order valence-electron chi connectivity index (χ0n) is 16.7. The molecule has 1 aliphatic rings. The first kappa shape index (κ1) is 20.8. The first-order chi connectivity index (χ1) is 14.0. The van der Waals surface area contributed by atoms with Crippen molar-refractivity contribution in [3.05, 3.63) is 24.0 Å². The highest BCUT2D eigenvalue weighted by Crippen LogP contribution is 2.28. The van der Waals surface area contributed by atoms with Gasteiger partial charge in [-0.3, -0.25) is 19.3 Å². The summed E-state index contributed by atoms with van der Waals surface area (Å²) in [5.74, 6) is -0.865. The molecule has 0 bridgehead atoms. The number of hydrogen-bond donors (Lipinski definition) is 1. The lowest BCUT2D eigenvalue weighted by molar-refractivity contribution is -0.144. The smallest absolute Gasteiger partial charge is 0.311 e. The average Bonchev–Trinajstić information content (AvgIpc) is 3.07. The molecule has 9 heteroatoms. The first-order valence-electron chi connectivity index (χ1n) is 9.88. The lowest BCUT2D eigenvalue weighted by atomic mass is 9.87. The van der Waals surface area contributed by atoms with Crippen LogP contribution in [0.15, 0.2) is 18.3 Å². The monoisotopic (exact) mass is 402 g/mol. The van der Waals surface area contributed by atoms with Crippen LogP contribution >= 0.6 is 0 Å². The number of ether oxygens (including phenoxy) is 2. The van der Waals surface area contributed by atoms with Gasteiger partial charge in [0, 0.05) is 7.05 Å². The Balaban J connectivity index is 1.67. The summed E-state index contributed by atoms with van der Waals surface area (Å²) in [6, 6.07) is 3.54. The quantitative estimate of drug-likeness (QED) is 0.669. The third-order valence-corrected chi connectivity index (χ3v) is 4.98. The molecule has 1 fully saturated rings. The van der Waals surface area contributed by atoms with Crippen molar-refractivity contribution in [3.63, 3.8) is 0 Å². The molecular weight excluding hydrogens is 376 g/mol. The van der Waals surface area contributed by atoms with E-state index < -0.39 is 5.97 Å². The second kappa shape index (κ2) is 9.49. The zero-order valence-corrected chi connectivity index (χ0v) is 16.7. The predicted octanol–water partition coefficient (Wildman–Crippen LogP) is 2.40. The van der Waals surface area contributed by atoms with Crippen molar-refractivity contribution in [1.82, 2.24) is 20.0 Å². The summed E-state index contributed by atoms with van der Waals surface area (Å²) in [4.78, 5) is 27.6. The van der Waals surface area contributed by atoms with E-state index in [1.165, 1.54) is 0 Å². The van der Waals surface area contributed by atoms with Crippen molar-refractivity contribution in [2.45, 2.75) is 51.6 Å². The SMILES string of the molecule is CCCOC(=O)Cc1c(-c2ccc(O[C@H]3CCC[C@H](C(=O)O)C3)cn2)nnn1C. The maximum absolute atomic E-state index is 12.0. The average molecular weight is 402 g/mol. The number of pyridine rings is 1. The van der Waals surface area contributed by atoms with Gasteiger partial charge in [0.25, 0.3) is 0 Å². The minimum absolute atomic E-state index is 0.0669. The molecule has 29 heavy (non-hydrogen) atoms. The fourth-order valence-corrected chi connectivity index (χ4v) is 3.44. The number of aromatic nitrogens is 4. The van der Waals surface area contributed by atoms with E-state index in [4.69, 9.17) is 9.47 Å². The molecule has 0 aliphatic heterocycles. The molecule has 0 spiro atoms. The molecule has 156 valence electrons. The van der Waals surface area contributed by atoms with Gasteiger partial charge in [0.05, 0.1) is 42.6 Å². The second-order valence-corrected chi connectivity index (χ2v) is 7.23.